The first-order chi connectivity index (χ1) is 12.0. The van der Waals surface area contributed by atoms with E-state index in [9.17, 15) is 4.79 Å². The summed E-state index contributed by atoms with van der Waals surface area (Å²) in [4.78, 5) is 12.8. The minimum atomic E-state index is -0.487. The lowest BCUT2D eigenvalue weighted by molar-refractivity contribution is -0.129. The SMILES string of the molecule is CCC(Oc1ccccc1C)C(=O)NC(CC(C)C)c1ccccc1. The van der Waals surface area contributed by atoms with Gasteiger partial charge >= 0.3 is 0 Å². The lowest BCUT2D eigenvalue weighted by atomic mass is 9.96. The fourth-order valence-corrected chi connectivity index (χ4v) is 2.86. The van der Waals surface area contributed by atoms with Gasteiger partial charge in [0.05, 0.1) is 6.04 Å². The molecule has 134 valence electrons. The molecule has 0 fully saturated rings. The van der Waals surface area contributed by atoms with E-state index in [4.69, 9.17) is 4.74 Å². The van der Waals surface area contributed by atoms with Crippen molar-refractivity contribution in [1.29, 1.82) is 0 Å². The first kappa shape index (κ1) is 19.0. The molecule has 0 aromatic heterocycles. The molecule has 1 N–H and O–H groups in total. The van der Waals surface area contributed by atoms with E-state index in [1.165, 1.54) is 0 Å². The van der Waals surface area contributed by atoms with E-state index in [-0.39, 0.29) is 11.9 Å². The molecule has 2 rings (SSSR count). The van der Waals surface area contributed by atoms with E-state index in [2.05, 4.69) is 31.3 Å². The summed E-state index contributed by atoms with van der Waals surface area (Å²) < 4.78 is 5.99. The van der Waals surface area contributed by atoms with Gasteiger partial charge in [-0.1, -0.05) is 69.3 Å². The fourth-order valence-electron chi connectivity index (χ4n) is 2.86. The zero-order valence-corrected chi connectivity index (χ0v) is 15.7. The van der Waals surface area contributed by atoms with Crippen LogP contribution in [0, 0.1) is 12.8 Å². The molecule has 25 heavy (non-hydrogen) atoms. The third-order valence-corrected chi connectivity index (χ3v) is 4.25. The average Bonchev–Trinajstić information content (AvgIpc) is 2.60. The lowest BCUT2D eigenvalue weighted by Crippen LogP contribution is -2.40. The molecule has 0 aliphatic heterocycles. The predicted molar refractivity (Wildman–Crippen MR) is 103 cm³/mol. The van der Waals surface area contributed by atoms with Gasteiger partial charge in [0.1, 0.15) is 5.75 Å². The van der Waals surface area contributed by atoms with Crippen LogP contribution in [0.25, 0.3) is 0 Å². The number of amides is 1. The van der Waals surface area contributed by atoms with Crippen LogP contribution >= 0.6 is 0 Å². The van der Waals surface area contributed by atoms with Crippen molar-refractivity contribution in [2.24, 2.45) is 5.92 Å². The highest BCUT2D eigenvalue weighted by Gasteiger charge is 2.23. The molecule has 0 radical (unpaired) electrons. The maximum Gasteiger partial charge on any atom is 0.261 e. The molecule has 1 amide bonds. The Morgan fingerprint density at radius 2 is 1.68 bits per heavy atom. The van der Waals surface area contributed by atoms with Crippen molar-refractivity contribution in [3.8, 4) is 5.75 Å². The highest BCUT2D eigenvalue weighted by atomic mass is 16.5. The summed E-state index contributed by atoms with van der Waals surface area (Å²) in [6.07, 6.45) is 1.04. The van der Waals surface area contributed by atoms with Crippen molar-refractivity contribution in [1.82, 2.24) is 5.32 Å². The second-order valence-electron chi connectivity index (χ2n) is 6.88. The van der Waals surface area contributed by atoms with Crippen molar-refractivity contribution in [3.63, 3.8) is 0 Å². The Balaban J connectivity index is 2.11. The molecule has 0 heterocycles. The number of ether oxygens (including phenoxy) is 1. The van der Waals surface area contributed by atoms with E-state index >= 15 is 0 Å². The Hall–Kier alpha value is -2.29. The van der Waals surface area contributed by atoms with Gasteiger partial charge in [-0.3, -0.25) is 4.79 Å². The normalized spacial score (nSPS) is 13.3. The van der Waals surface area contributed by atoms with Crippen LogP contribution < -0.4 is 10.1 Å². The van der Waals surface area contributed by atoms with Crippen LogP contribution in [0.1, 0.15) is 50.8 Å². The van der Waals surface area contributed by atoms with Gasteiger partial charge < -0.3 is 10.1 Å². The summed E-state index contributed by atoms with van der Waals surface area (Å²) in [5.41, 5.74) is 2.17. The fraction of sp³-hybridized carbons (Fsp3) is 0.409. The van der Waals surface area contributed by atoms with Crippen LogP contribution in [0.5, 0.6) is 5.75 Å². The Labute approximate surface area is 151 Å². The molecule has 3 heteroatoms. The van der Waals surface area contributed by atoms with Crippen molar-refractivity contribution in [3.05, 3.63) is 65.7 Å². The zero-order valence-electron chi connectivity index (χ0n) is 15.7. The minimum Gasteiger partial charge on any atom is -0.480 e. The standard InChI is InChI=1S/C22H29NO2/c1-5-20(25-21-14-10-9-11-17(21)4)22(24)23-19(15-16(2)3)18-12-7-6-8-13-18/h6-14,16,19-20H,5,15H2,1-4H3,(H,23,24). The second kappa shape index (κ2) is 9.26. The molecule has 0 aliphatic rings. The number of aryl methyl sites for hydroxylation is 1. The number of para-hydroxylation sites is 1. The summed E-state index contributed by atoms with van der Waals surface area (Å²) in [6.45, 7) is 8.31. The van der Waals surface area contributed by atoms with Gasteiger partial charge in [-0.05, 0) is 42.9 Å². The number of benzene rings is 2. The van der Waals surface area contributed by atoms with Crippen LogP contribution in [0.4, 0.5) is 0 Å². The van der Waals surface area contributed by atoms with Crippen LogP contribution in [-0.4, -0.2) is 12.0 Å². The molecule has 2 aromatic rings. The van der Waals surface area contributed by atoms with Gasteiger partial charge in [-0.25, -0.2) is 0 Å². The van der Waals surface area contributed by atoms with Gasteiger partial charge in [0.2, 0.25) is 0 Å². The Kier molecular flexibility index (Phi) is 7.05. The van der Waals surface area contributed by atoms with Gasteiger partial charge in [0.15, 0.2) is 6.10 Å². The molecule has 0 spiro atoms. The Morgan fingerprint density at radius 3 is 2.28 bits per heavy atom. The molecule has 2 atom stereocenters. The quantitative estimate of drug-likeness (QED) is 0.730. The Morgan fingerprint density at radius 1 is 1.04 bits per heavy atom. The first-order valence-electron chi connectivity index (χ1n) is 9.08. The summed E-state index contributed by atoms with van der Waals surface area (Å²) in [5.74, 6) is 1.20. The van der Waals surface area contributed by atoms with Gasteiger partial charge in [0.25, 0.3) is 5.91 Å². The van der Waals surface area contributed by atoms with Crippen LogP contribution in [-0.2, 0) is 4.79 Å². The van der Waals surface area contributed by atoms with Crippen LogP contribution in [0.15, 0.2) is 54.6 Å². The van der Waals surface area contributed by atoms with E-state index in [0.717, 1.165) is 23.3 Å². The highest BCUT2D eigenvalue weighted by molar-refractivity contribution is 5.81. The molecule has 2 unspecified atom stereocenters. The van der Waals surface area contributed by atoms with E-state index in [1.807, 2.05) is 56.3 Å². The summed E-state index contributed by atoms with van der Waals surface area (Å²) in [5, 5.41) is 3.19. The molecule has 3 nitrogen and oxygen atoms in total. The third kappa shape index (κ3) is 5.63. The molecular formula is C22H29NO2. The average molecular weight is 339 g/mol. The van der Waals surface area contributed by atoms with Crippen molar-refractivity contribution >= 4 is 5.91 Å². The molecule has 2 aromatic carbocycles. The number of hydrogen-bond acceptors (Lipinski definition) is 2. The van der Waals surface area contributed by atoms with E-state index in [0.29, 0.717) is 12.3 Å². The topological polar surface area (TPSA) is 38.3 Å². The van der Waals surface area contributed by atoms with Crippen LogP contribution in [0.3, 0.4) is 0 Å². The molecule has 0 saturated heterocycles. The van der Waals surface area contributed by atoms with Crippen molar-refractivity contribution in [2.75, 3.05) is 0 Å². The number of nitrogens with one attached hydrogen (secondary N) is 1. The summed E-state index contributed by atoms with van der Waals surface area (Å²) >= 11 is 0. The summed E-state index contributed by atoms with van der Waals surface area (Å²) in [7, 11) is 0. The van der Waals surface area contributed by atoms with E-state index in [1.54, 1.807) is 0 Å². The second-order valence-corrected chi connectivity index (χ2v) is 6.88. The molecule has 0 bridgehead atoms. The van der Waals surface area contributed by atoms with E-state index < -0.39 is 6.10 Å². The number of rotatable bonds is 8. The number of carbonyl (C=O) groups is 1. The third-order valence-electron chi connectivity index (χ3n) is 4.25. The van der Waals surface area contributed by atoms with Crippen molar-refractivity contribution in [2.45, 2.75) is 52.7 Å². The smallest absolute Gasteiger partial charge is 0.261 e. The number of carbonyl (C=O) groups excluding carboxylic acids is 1. The maximum absolute atomic E-state index is 12.8. The Bertz CT molecular complexity index is 667. The monoisotopic (exact) mass is 339 g/mol. The largest absolute Gasteiger partial charge is 0.480 e. The molecule has 0 aliphatic carbocycles. The molecule has 0 saturated carbocycles. The molecular weight excluding hydrogens is 310 g/mol. The van der Waals surface area contributed by atoms with Crippen molar-refractivity contribution < 1.29 is 9.53 Å². The first-order valence-corrected chi connectivity index (χ1v) is 9.08. The summed E-state index contributed by atoms with van der Waals surface area (Å²) in [6, 6.07) is 17.9. The van der Waals surface area contributed by atoms with Gasteiger partial charge in [0, 0.05) is 0 Å². The van der Waals surface area contributed by atoms with Gasteiger partial charge in [-0.2, -0.15) is 0 Å². The lowest BCUT2D eigenvalue weighted by Gasteiger charge is -2.25. The minimum absolute atomic E-state index is 0.00298. The number of hydrogen-bond donors (Lipinski definition) is 1. The predicted octanol–water partition coefficient (Wildman–Crippen LogP) is 5.06. The highest BCUT2D eigenvalue weighted by Crippen LogP contribution is 2.23. The van der Waals surface area contributed by atoms with Gasteiger partial charge in [-0.15, -0.1) is 0 Å². The zero-order chi connectivity index (χ0) is 18.2. The maximum atomic E-state index is 12.8. The van der Waals surface area contributed by atoms with Crippen LogP contribution in [0.2, 0.25) is 0 Å².